The number of benzene rings is 5. The number of halogens is 1. The zero-order valence-electron chi connectivity index (χ0n) is 18.4. The van der Waals surface area contributed by atoms with Crippen LogP contribution in [0.2, 0.25) is 0 Å². The minimum absolute atomic E-state index is 0.849. The van der Waals surface area contributed by atoms with E-state index in [2.05, 4.69) is 101 Å². The molecule has 0 unspecified atom stereocenters. The molecule has 35 heavy (non-hydrogen) atoms. The third kappa shape index (κ3) is 3.36. The Hall–Kier alpha value is -2.75. The van der Waals surface area contributed by atoms with E-state index in [0.29, 0.717) is 0 Å². The largest absolute Gasteiger partial charge is 0.309 e. The van der Waals surface area contributed by atoms with Gasteiger partial charge in [-0.3, -0.25) is 0 Å². The molecule has 0 atom stereocenters. The predicted octanol–water partition coefficient (Wildman–Crippen LogP) is 8.82. The molecule has 2 heterocycles. The molecule has 2 aromatic heterocycles. The molecule has 5 aromatic carbocycles. The van der Waals surface area contributed by atoms with E-state index in [-0.39, 0.29) is 0 Å². The van der Waals surface area contributed by atoms with E-state index >= 15 is 4.57 Å². The van der Waals surface area contributed by atoms with Crippen LogP contribution >= 0.6 is 45.7 Å². The van der Waals surface area contributed by atoms with Gasteiger partial charge < -0.3 is 4.57 Å². The SMILES string of the molecule is O=P(c1ccc(Br)cc1)(c1ccc2c(c1)sc1ccccc12)c1ccc2c(c1)sc1ccccc12. The second-order valence-corrected chi connectivity index (χ2v) is 14.5. The van der Waals surface area contributed by atoms with Gasteiger partial charge in [0.1, 0.15) is 0 Å². The van der Waals surface area contributed by atoms with Crippen LogP contribution in [0.15, 0.2) is 114 Å². The van der Waals surface area contributed by atoms with Gasteiger partial charge in [0.2, 0.25) is 0 Å². The lowest BCUT2D eigenvalue weighted by atomic mass is 10.1. The number of hydrogen-bond donors (Lipinski definition) is 0. The Morgan fingerprint density at radius 2 is 0.914 bits per heavy atom. The topological polar surface area (TPSA) is 17.1 Å². The zero-order valence-corrected chi connectivity index (χ0v) is 22.6. The Morgan fingerprint density at radius 3 is 1.43 bits per heavy atom. The van der Waals surface area contributed by atoms with E-state index in [1.165, 1.54) is 40.3 Å². The third-order valence-corrected chi connectivity index (χ3v) is 12.5. The van der Waals surface area contributed by atoms with Gasteiger partial charge in [-0.1, -0.05) is 76.6 Å². The molecule has 7 aromatic rings. The first-order chi connectivity index (χ1) is 17.1. The van der Waals surface area contributed by atoms with E-state index in [4.69, 9.17) is 0 Å². The first-order valence-corrected chi connectivity index (χ1v) is 15.4. The highest BCUT2D eigenvalue weighted by atomic mass is 79.9. The van der Waals surface area contributed by atoms with Crippen LogP contribution in [-0.2, 0) is 4.57 Å². The van der Waals surface area contributed by atoms with Gasteiger partial charge >= 0.3 is 0 Å². The summed E-state index contributed by atoms with van der Waals surface area (Å²) < 4.78 is 21.1. The number of fused-ring (bicyclic) bond motifs is 6. The normalized spacial score (nSPS) is 12.3. The molecular weight excluding hydrogens is 551 g/mol. The summed E-state index contributed by atoms with van der Waals surface area (Å²) >= 11 is 7.07. The van der Waals surface area contributed by atoms with Crippen LogP contribution in [0.3, 0.4) is 0 Å². The summed E-state index contributed by atoms with van der Waals surface area (Å²) in [5.74, 6) is 0. The van der Waals surface area contributed by atoms with Crippen LogP contribution in [0.1, 0.15) is 0 Å². The molecule has 0 radical (unpaired) electrons. The van der Waals surface area contributed by atoms with Crippen molar-refractivity contribution in [1.29, 1.82) is 0 Å². The maximum absolute atomic E-state index is 15.2. The maximum Gasteiger partial charge on any atom is 0.171 e. The van der Waals surface area contributed by atoms with Crippen LogP contribution < -0.4 is 15.9 Å². The lowest BCUT2D eigenvalue weighted by Crippen LogP contribution is -2.24. The Kier molecular flexibility index (Phi) is 5.01. The molecule has 5 heteroatoms. The summed E-state index contributed by atoms with van der Waals surface area (Å²) in [5, 5.41) is 7.54. The smallest absolute Gasteiger partial charge is 0.171 e. The summed E-state index contributed by atoms with van der Waals surface area (Å²) in [5.41, 5.74) is 0. The average Bonchev–Trinajstić information content (AvgIpc) is 3.46. The van der Waals surface area contributed by atoms with Crippen molar-refractivity contribution in [3.8, 4) is 0 Å². The molecule has 0 aliphatic carbocycles. The maximum atomic E-state index is 15.2. The van der Waals surface area contributed by atoms with Crippen molar-refractivity contribution in [1.82, 2.24) is 0 Å². The Morgan fingerprint density at radius 1 is 0.486 bits per heavy atom. The first kappa shape index (κ1) is 21.5. The van der Waals surface area contributed by atoms with Crippen molar-refractivity contribution in [3.63, 3.8) is 0 Å². The van der Waals surface area contributed by atoms with Gasteiger partial charge in [-0.15, -0.1) is 22.7 Å². The number of rotatable bonds is 3. The van der Waals surface area contributed by atoms with Crippen molar-refractivity contribution in [2.45, 2.75) is 0 Å². The van der Waals surface area contributed by atoms with Crippen LogP contribution in [0.4, 0.5) is 0 Å². The average molecular weight is 569 g/mol. The van der Waals surface area contributed by atoms with Crippen LogP contribution in [0.5, 0.6) is 0 Å². The minimum Gasteiger partial charge on any atom is -0.309 e. The van der Waals surface area contributed by atoms with E-state index < -0.39 is 7.14 Å². The Labute approximate surface area is 219 Å². The van der Waals surface area contributed by atoms with Crippen LogP contribution in [0.25, 0.3) is 40.3 Å². The van der Waals surface area contributed by atoms with Crippen molar-refractivity contribution in [2.24, 2.45) is 0 Å². The minimum atomic E-state index is -3.10. The first-order valence-electron chi connectivity index (χ1n) is 11.3. The van der Waals surface area contributed by atoms with E-state index in [1.807, 2.05) is 24.3 Å². The molecule has 0 saturated heterocycles. The van der Waals surface area contributed by atoms with Gasteiger partial charge in [0.05, 0.1) is 0 Å². The third-order valence-electron chi connectivity index (χ3n) is 6.64. The lowest BCUT2D eigenvalue weighted by Gasteiger charge is -2.20. The lowest BCUT2D eigenvalue weighted by molar-refractivity contribution is 0.592. The molecule has 0 spiro atoms. The van der Waals surface area contributed by atoms with Gasteiger partial charge in [0.25, 0.3) is 0 Å². The molecule has 168 valence electrons. The summed E-state index contributed by atoms with van der Waals surface area (Å²) in [6.07, 6.45) is 0. The van der Waals surface area contributed by atoms with Gasteiger partial charge in [-0.2, -0.15) is 0 Å². The standard InChI is InChI=1S/C30H18BrOPS2/c31-19-9-11-20(12-10-19)33(32,21-13-15-25-23-5-1-3-7-27(23)34-29(25)17-21)22-14-16-26-24-6-2-4-8-28(24)35-30(26)18-22/h1-18H. The van der Waals surface area contributed by atoms with E-state index in [9.17, 15) is 0 Å². The Balaban J connectivity index is 1.50. The summed E-state index contributed by atoms with van der Waals surface area (Å²) in [6, 6.07) is 37.6. The summed E-state index contributed by atoms with van der Waals surface area (Å²) in [6.45, 7) is 0. The fraction of sp³-hybridized carbons (Fsp3) is 0. The fourth-order valence-corrected chi connectivity index (χ4v) is 10.3. The zero-order chi connectivity index (χ0) is 23.6. The van der Waals surface area contributed by atoms with Crippen molar-refractivity contribution in [3.05, 3.63) is 114 Å². The molecule has 7 rings (SSSR count). The quantitative estimate of drug-likeness (QED) is 0.194. The second-order valence-electron chi connectivity index (χ2n) is 8.64. The molecule has 0 aliphatic rings. The van der Waals surface area contributed by atoms with Crippen molar-refractivity contribution < 1.29 is 4.57 Å². The summed E-state index contributed by atoms with van der Waals surface area (Å²) in [4.78, 5) is 0. The molecule has 0 aliphatic heterocycles. The highest BCUT2D eigenvalue weighted by Gasteiger charge is 2.31. The molecule has 0 N–H and O–H groups in total. The highest BCUT2D eigenvalue weighted by molar-refractivity contribution is 9.10. The second kappa shape index (κ2) is 8.15. The predicted molar refractivity (Wildman–Crippen MR) is 159 cm³/mol. The Bertz CT molecular complexity index is 1830. The highest BCUT2D eigenvalue weighted by Crippen LogP contribution is 2.46. The van der Waals surface area contributed by atoms with Gasteiger partial charge in [0, 0.05) is 60.7 Å². The van der Waals surface area contributed by atoms with E-state index in [0.717, 1.165) is 20.4 Å². The monoisotopic (exact) mass is 568 g/mol. The number of hydrogen-bond acceptors (Lipinski definition) is 3. The van der Waals surface area contributed by atoms with Gasteiger partial charge in [-0.25, -0.2) is 0 Å². The fourth-order valence-electron chi connectivity index (χ4n) is 4.92. The van der Waals surface area contributed by atoms with Crippen LogP contribution in [-0.4, -0.2) is 0 Å². The molecule has 1 nitrogen and oxygen atoms in total. The van der Waals surface area contributed by atoms with Gasteiger partial charge in [0.15, 0.2) is 7.14 Å². The number of thiophene rings is 2. The van der Waals surface area contributed by atoms with Crippen molar-refractivity contribution >= 4 is 102 Å². The van der Waals surface area contributed by atoms with Gasteiger partial charge in [-0.05, 0) is 48.5 Å². The molecule has 0 saturated carbocycles. The van der Waals surface area contributed by atoms with Crippen LogP contribution in [0, 0.1) is 0 Å². The summed E-state index contributed by atoms with van der Waals surface area (Å²) in [7, 11) is -3.10. The van der Waals surface area contributed by atoms with Crippen molar-refractivity contribution in [2.75, 3.05) is 0 Å². The molecule has 0 amide bonds. The molecule has 0 bridgehead atoms. The molecule has 0 fully saturated rings. The van der Waals surface area contributed by atoms with E-state index in [1.54, 1.807) is 22.7 Å². The molecular formula is C30H18BrOPS2.